The highest BCUT2D eigenvalue weighted by Crippen LogP contribution is 2.08. The lowest BCUT2D eigenvalue weighted by Gasteiger charge is -2.11. The second kappa shape index (κ2) is 4.65. The number of nitrogens with zero attached hydrogens (tertiary/aromatic N) is 3. The van der Waals surface area contributed by atoms with Crippen molar-refractivity contribution in [1.29, 1.82) is 0 Å². The first-order chi connectivity index (χ1) is 7.68. The zero-order valence-corrected chi connectivity index (χ0v) is 9.81. The number of carbonyl (C=O) groups is 1. The molecular formula is C11H18N4O. The van der Waals surface area contributed by atoms with Gasteiger partial charge in [-0.15, -0.1) is 0 Å². The summed E-state index contributed by atoms with van der Waals surface area (Å²) in [7, 11) is 3.83. The molecule has 0 saturated carbocycles. The van der Waals surface area contributed by atoms with E-state index in [0.717, 1.165) is 31.8 Å². The zero-order chi connectivity index (χ0) is 11.5. The minimum absolute atomic E-state index is 0.00488. The molecule has 2 heterocycles. The summed E-state index contributed by atoms with van der Waals surface area (Å²) >= 11 is 0. The lowest BCUT2D eigenvalue weighted by molar-refractivity contribution is -0.128. The van der Waals surface area contributed by atoms with Crippen molar-refractivity contribution in [2.75, 3.05) is 20.1 Å². The van der Waals surface area contributed by atoms with Gasteiger partial charge in [-0.05, 0) is 6.42 Å². The van der Waals surface area contributed by atoms with E-state index >= 15 is 0 Å². The van der Waals surface area contributed by atoms with E-state index in [4.69, 9.17) is 0 Å². The molecule has 0 spiro atoms. The van der Waals surface area contributed by atoms with Crippen LogP contribution in [0, 0.1) is 0 Å². The fraction of sp³-hybridized carbons (Fsp3) is 0.636. The summed E-state index contributed by atoms with van der Waals surface area (Å²) in [6.07, 6.45) is 5.50. The standard InChI is InChI=1S/C11H18N4O/c1-14-8-6-13-10(14)3-5-12-9-4-7-15(2)11(9)16/h6,8-9,12H,3-5,7H2,1-2H3. The number of hydrogen-bond donors (Lipinski definition) is 1. The molecule has 88 valence electrons. The Kier molecular flexibility index (Phi) is 3.24. The van der Waals surface area contributed by atoms with Crippen LogP contribution < -0.4 is 5.32 Å². The van der Waals surface area contributed by atoms with Gasteiger partial charge >= 0.3 is 0 Å². The second-order valence-electron chi connectivity index (χ2n) is 4.26. The quantitative estimate of drug-likeness (QED) is 0.766. The molecule has 5 nitrogen and oxygen atoms in total. The molecule has 1 unspecified atom stereocenters. The summed E-state index contributed by atoms with van der Waals surface area (Å²) in [4.78, 5) is 17.6. The third-order valence-corrected chi connectivity index (χ3v) is 3.09. The van der Waals surface area contributed by atoms with Crippen LogP contribution in [0.1, 0.15) is 12.2 Å². The summed E-state index contributed by atoms with van der Waals surface area (Å²) in [5.41, 5.74) is 0. The molecule has 5 heteroatoms. The van der Waals surface area contributed by atoms with Gasteiger partial charge in [-0.1, -0.05) is 0 Å². The Morgan fingerprint density at radius 2 is 2.38 bits per heavy atom. The third-order valence-electron chi connectivity index (χ3n) is 3.09. The Labute approximate surface area is 95.5 Å². The van der Waals surface area contributed by atoms with Gasteiger partial charge in [0.15, 0.2) is 0 Å². The normalized spacial score (nSPS) is 20.8. The highest BCUT2D eigenvalue weighted by atomic mass is 16.2. The van der Waals surface area contributed by atoms with E-state index in [-0.39, 0.29) is 11.9 Å². The van der Waals surface area contributed by atoms with Crippen LogP contribution >= 0.6 is 0 Å². The van der Waals surface area contributed by atoms with Gasteiger partial charge in [0.2, 0.25) is 5.91 Å². The van der Waals surface area contributed by atoms with Crippen molar-refractivity contribution in [1.82, 2.24) is 19.8 Å². The molecule has 2 rings (SSSR count). The van der Waals surface area contributed by atoms with Gasteiger partial charge in [-0.3, -0.25) is 4.79 Å². The maximum atomic E-state index is 11.6. The predicted octanol–water partition coefficient (Wildman–Crippen LogP) is -0.217. The van der Waals surface area contributed by atoms with E-state index in [1.165, 1.54) is 0 Å². The van der Waals surface area contributed by atoms with Gasteiger partial charge in [0, 0.05) is 46.0 Å². The number of aromatic nitrogens is 2. The van der Waals surface area contributed by atoms with Crippen LogP contribution in [0.15, 0.2) is 12.4 Å². The van der Waals surface area contributed by atoms with Crippen LogP contribution in [0.4, 0.5) is 0 Å². The molecule has 1 saturated heterocycles. The van der Waals surface area contributed by atoms with Crippen LogP contribution in [-0.4, -0.2) is 46.5 Å². The maximum Gasteiger partial charge on any atom is 0.239 e. The summed E-state index contributed by atoms with van der Waals surface area (Å²) in [6, 6.07) is 0.00488. The number of rotatable bonds is 4. The molecule has 1 aromatic rings. The molecule has 1 aliphatic rings. The number of nitrogens with one attached hydrogen (secondary N) is 1. The maximum absolute atomic E-state index is 11.6. The second-order valence-corrected chi connectivity index (χ2v) is 4.26. The fourth-order valence-corrected chi connectivity index (χ4v) is 2.01. The smallest absolute Gasteiger partial charge is 0.239 e. The fourth-order valence-electron chi connectivity index (χ4n) is 2.01. The number of carbonyl (C=O) groups excluding carboxylic acids is 1. The van der Waals surface area contributed by atoms with Crippen molar-refractivity contribution in [3.63, 3.8) is 0 Å². The van der Waals surface area contributed by atoms with Gasteiger partial charge in [0.05, 0.1) is 6.04 Å². The van der Waals surface area contributed by atoms with Gasteiger partial charge in [0.25, 0.3) is 0 Å². The van der Waals surface area contributed by atoms with E-state index in [2.05, 4.69) is 10.3 Å². The molecule has 1 aromatic heterocycles. The van der Waals surface area contributed by atoms with Gasteiger partial charge in [-0.25, -0.2) is 4.98 Å². The molecule has 16 heavy (non-hydrogen) atoms. The summed E-state index contributed by atoms with van der Waals surface area (Å²) in [6.45, 7) is 1.66. The van der Waals surface area contributed by atoms with Crippen LogP contribution in [-0.2, 0) is 18.3 Å². The summed E-state index contributed by atoms with van der Waals surface area (Å²) < 4.78 is 2.00. The lowest BCUT2D eigenvalue weighted by atomic mass is 10.2. The zero-order valence-electron chi connectivity index (χ0n) is 9.81. The Morgan fingerprint density at radius 1 is 1.56 bits per heavy atom. The van der Waals surface area contributed by atoms with Crippen LogP contribution in [0.3, 0.4) is 0 Å². The first-order valence-electron chi connectivity index (χ1n) is 5.63. The number of aryl methyl sites for hydroxylation is 1. The van der Waals surface area contributed by atoms with Crippen LogP contribution in [0.5, 0.6) is 0 Å². The van der Waals surface area contributed by atoms with Gasteiger partial charge in [-0.2, -0.15) is 0 Å². The van der Waals surface area contributed by atoms with E-state index < -0.39 is 0 Å². The number of likely N-dealkylation sites (tertiary alicyclic amines) is 1. The molecular weight excluding hydrogens is 204 g/mol. The average molecular weight is 222 g/mol. The van der Waals surface area contributed by atoms with Gasteiger partial charge < -0.3 is 14.8 Å². The SMILES string of the molecule is CN1CCC(NCCc2nccn2C)C1=O. The van der Waals surface area contributed by atoms with Crippen LogP contribution in [0.25, 0.3) is 0 Å². The van der Waals surface area contributed by atoms with E-state index in [1.54, 1.807) is 11.1 Å². The lowest BCUT2D eigenvalue weighted by Crippen LogP contribution is -2.38. The first kappa shape index (κ1) is 11.1. The molecule has 0 aromatic carbocycles. The van der Waals surface area contributed by atoms with Crippen molar-refractivity contribution in [3.05, 3.63) is 18.2 Å². The van der Waals surface area contributed by atoms with Crippen molar-refractivity contribution in [3.8, 4) is 0 Å². The molecule has 1 fully saturated rings. The van der Waals surface area contributed by atoms with Gasteiger partial charge in [0.1, 0.15) is 5.82 Å². The molecule has 1 amide bonds. The monoisotopic (exact) mass is 222 g/mol. The number of hydrogen-bond acceptors (Lipinski definition) is 3. The Hall–Kier alpha value is -1.36. The minimum Gasteiger partial charge on any atom is -0.344 e. The van der Waals surface area contributed by atoms with Crippen LogP contribution in [0.2, 0.25) is 0 Å². The van der Waals surface area contributed by atoms with Crippen molar-refractivity contribution in [2.24, 2.45) is 7.05 Å². The summed E-state index contributed by atoms with van der Waals surface area (Å²) in [5, 5.41) is 3.28. The van der Waals surface area contributed by atoms with Crippen molar-refractivity contribution < 1.29 is 4.79 Å². The van der Waals surface area contributed by atoms with Crippen molar-refractivity contribution in [2.45, 2.75) is 18.9 Å². The Morgan fingerprint density at radius 3 is 2.94 bits per heavy atom. The average Bonchev–Trinajstić information content (AvgIpc) is 2.80. The topological polar surface area (TPSA) is 50.2 Å². The molecule has 1 aliphatic heterocycles. The number of likely N-dealkylation sites (N-methyl/N-ethyl adjacent to an activating group) is 1. The Bertz CT molecular complexity index is 374. The molecule has 0 bridgehead atoms. The number of imidazole rings is 1. The van der Waals surface area contributed by atoms with E-state index in [9.17, 15) is 4.79 Å². The van der Waals surface area contributed by atoms with Crippen molar-refractivity contribution >= 4 is 5.91 Å². The Balaban J connectivity index is 1.77. The molecule has 0 radical (unpaired) electrons. The van der Waals surface area contributed by atoms with E-state index in [1.807, 2.05) is 24.9 Å². The first-order valence-corrected chi connectivity index (χ1v) is 5.63. The largest absolute Gasteiger partial charge is 0.344 e. The molecule has 0 aliphatic carbocycles. The number of amides is 1. The minimum atomic E-state index is 0.00488. The molecule has 1 N–H and O–H groups in total. The van der Waals surface area contributed by atoms with E-state index in [0.29, 0.717) is 0 Å². The third kappa shape index (κ3) is 2.24. The molecule has 1 atom stereocenters. The highest BCUT2D eigenvalue weighted by molar-refractivity contribution is 5.83. The highest BCUT2D eigenvalue weighted by Gasteiger charge is 2.27. The summed E-state index contributed by atoms with van der Waals surface area (Å²) in [5.74, 6) is 1.26. The predicted molar refractivity (Wildman–Crippen MR) is 61.0 cm³/mol.